The van der Waals surface area contributed by atoms with E-state index in [9.17, 15) is 4.79 Å². The van der Waals surface area contributed by atoms with Crippen LogP contribution in [0.15, 0.2) is 47.2 Å². The lowest BCUT2D eigenvalue weighted by Gasteiger charge is -2.06. The highest BCUT2D eigenvalue weighted by atomic mass is 79.9. The molecule has 0 aliphatic rings. The van der Waals surface area contributed by atoms with Crippen molar-refractivity contribution in [3.05, 3.63) is 58.3 Å². The molecule has 1 aromatic carbocycles. The van der Waals surface area contributed by atoms with Gasteiger partial charge in [-0.15, -0.1) is 0 Å². The maximum atomic E-state index is 12.2. The molecule has 0 aliphatic heterocycles. The third-order valence-electron chi connectivity index (χ3n) is 2.34. The summed E-state index contributed by atoms with van der Waals surface area (Å²) in [4.78, 5) is 16.1. The Kier molecular flexibility index (Phi) is 3.54. The van der Waals surface area contributed by atoms with Gasteiger partial charge in [-0.25, -0.2) is 0 Å². The number of hydrogen-bond acceptors (Lipinski definition) is 3. The topological polar surface area (TPSA) is 39.2 Å². The van der Waals surface area contributed by atoms with Gasteiger partial charge in [-0.1, -0.05) is 15.9 Å². The summed E-state index contributed by atoms with van der Waals surface area (Å²) in [5, 5.41) is 0. The number of carbonyl (C=O) groups is 1. The van der Waals surface area contributed by atoms with Crippen molar-refractivity contribution < 1.29 is 9.53 Å². The first-order valence-corrected chi connectivity index (χ1v) is 5.80. The Labute approximate surface area is 108 Å². The Morgan fingerprint density at radius 3 is 2.82 bits per heavy atom. The maximum absolute atomic E-state index is 12.2. The summed E-state index contributed by atoms with van der Waals surface area (Å²) in [6.07, 6.45) is 3.19. The van der Waals surface area contributed by atoms with Gasteiger partial charge in [0.05, 0.1) is 7.11 Å². The Morgan fingerprint density at radius 1 is 1.35 bits per heavy atom. The van der Waals surface area contributed by atoms with Crippen LogP contribution in [0.4, 0.5) is 0 Å². The average Bonchev–Trinajstić information content (AvgIpc) is 2.39. The second-order valence-corrected chi connectivity index (χ2v) is 4.27. The Bertz CT molecular complexity index is 540. The third-order valence-corrected chi connectivity index (χ3v) is 3.03. The van der Waals surface area contributed by atoms with Crippen molar-refractivity contribution in [2.75, 3.05) is 7.11 Å². The highest BCUT2D eigenvalue weighted by Crippen LogP contribution is 2.24. The van der Waals surface area contributed by atoms with E-state index in [2.05, 4.69) is 20.9 Å². The minimum absolute atomic E-state index is 0.0797. The van der Waals surface area contributed by atoms with Crippen LogP contribution in [0.2, 0.25) is 0 Å². The van der Waals surface area contributed by atoms with E-state index in [0.29, 0.717) is 16.9 Å². The van der Waals surface area contributed by atoms with Crippen LogP contribution in [-0.4, -0.2) is 17.9 Å². The zero-order chi connectivity index (χ0) is 12.3. The second kappa shape index (κ2) is 5.10. The molecule has 0 saturated carbocycles. The number of benzene rings is 1. The molecule has 0 unspecified atom stereocenters. The molecule has 0 atom stereocenters. The minimum atomic E-state index is -0.0797. The molecule has 0 bridgehead atoms. The van der Waals surface area contributed by atoms with Gasteiger partial charge in [0, 0.05) is 28.0 Å². The van der Waals surface area contributed by atoms with Crippen LogP contribution >= 0.6 is 15.9 Å². The highest BCUT2D eigenvalue weighted by molar-refractivity contribution is 9.10. The first-order valence-electron chi connectivity index (χ1n) is 5.00. The van der Waals surface area contributed by atoms with Gasteiger partial charge in [0.25, 0.3) is 0 Å². The second-order valence-electron chi connectivity index (χ2n) is 3.42. The summed E-state index contributed by atoms with van der Waals surface area (Å²) in [5.74, 6) is 0.573. The quantitative estimate of drug-likeness (QED) is 0.816. The van der Waals surface area contributed by atoms with Gasteiger partial charge in [0.15, 0.2) is 5.78 Å². The number of methoxy groups -OCH3 is 1. The SMILES string of the molecule is COc1ccc(Br)c(C(=O)c2cccnc2)c1. The van der Waals surface area contributed by atoms with Crippen LogP contribution in [0.5, 0.6) is 5.75 Å². The molecule has 0 saturated heterocycles. The van der Waals surface area contributed by atoms with Crippen LogP contribution in [0.1, 0.15) is 15.9 Å². The summed E-state index contributed by atoms with van der Waals surface area (Å²) in [5.41, 5.74) is 1.12. The lowest BCUT2D eigenvalue weighted by Crippen LogP contribution is -2.03. The van der Waals surface area contributed by atoms with Crippen LogP contribution in [0, 0.1) is 0 Å². The normalized spacial score (nSPS) is 10.0. The van der Waals surface area contributed by atoms with Crippen molar-refractivity contribution >= 4 is 21.7 Å². The molecule has 0 spiro atoms. The van der Waals surface area contributed by atoms with Crippen molar-refractivity contribution in [3.63, 3.8) is 0 Å². The van der Waals surface area contributed by atoms with E-state index in [1.54, 1.807) is 49.8 Å². The number of hydrogen-bond donors (Lipinski definition) is 0. The van der Waals surface area contributed by atoms with Crippen molar-refractivity contribution in [1.29, 1.82) is 0 Å². The number of rotatable bonds is 3. The number of ketones is 1. The smallest absolute Gasteiger partial charge is 0.195 e. The number of nitrogens with zero attached hydrogens (tertiary/aromatic N) is 1. The number of halogens is 1. The average molecular weight is 292 g/mol. The van der Waals surface area contributed by atoms with Gasteiger partial charge in [0.2, 0.25) is 0 Å². The molecule has 1 heterocycles. The van der Waals surface area contributed by atoms with Gasteiger partial charge in [0.1, 0.15) is 5.75 Å². The molecule has 3 nitrogen and oxygen atoms in total. The molecule has 2 rings (SSSR count). The molecule has 86 valence electrons. The number of carbonyl (C=O) groups excluding carboxylic acids is 1. The lowest BCUT2D eigenvalue weighted by molar-refractivity contribution is 0.103. The molecule has 0 amide bonds. The molecule has 0 radical (unpaired) electrons. The van der Waals surface area contributed by atoms with Gasteiger partial charge >= 0.3 is 0 Å². The van der Waals surface area contributed by atoms with Crippen molar-refractivity contribution in [2.24, 2.45) is 0 Å². The largest absolute Gasteiger partial charge is 0.497 e. The Morgan fingerprint density at radius 2 is 2.18 bits per heavy atom. The molecular weight excluding hydrogens is 282 g/mol. The monoisotopic (exact) mass is 291 g/mol. The van der Waals surface area contributed by atoms with Gasteiger partial charge < -0.3 is 4.74 Å². The van der Waals surface area contributed by atoms with Crippen LogP contribution < -0.4 is 4.74 Å². The first kappa shape index (κ1) is 11.8. The van der Waals surface area contributed by atoms with Crippen molar-refractivity contribution in [2.45, 2.75) is 0 Å². The molecule has 0 N–H and O–H groups in total. The lowest BCUT2D eigenvalue weighted by atomic mass is 10.1. The fourth-order valence-electron chi connectivity index (χ4n) is 1.46. The molecule has 4 heteroatoms. The van der Waals surface area contributed by atoms with E-state index >= 15 is 0 Å². The molecule has 2 aromatic rings. The molecule has 0 aliphatic carbocycles. The summed E-state index contributed by atoms with van der Waals surface area (Å²) in [6, 6.07) is 8.77. The van der Waals surface area contributed by atoms with Crippen molar-refractivity contribution in [3.8, 4) is 5.75 Å². The molecule has 17 heavy (non-hydrogen) atoms. The van der Waals surface area contributed by atoms with Crippen molar-refractivity contribution in [1.82, 2.24) is 4.98 Å². The predicted molar refractivity (Wildman–Crippen MR) is 68.4 cm³/mol. The van der Waals surface area contributed by atoms with E-state index in [1.807, 2.05) is 0 Å². The van der Waals surface area contributed by atoms with Gasteiger partial charge in [-0.05, 0) is 30.3 Å². The number of pyridine rings is 1. The van der Waals surface area contributed by atoms with E-state index < -0.39 is 0 Å². The molecular formula is C13H10BrNO2. The zero-order valence-electron chi connectivity index (χ0n) is 9.18. The maximum Gasteiger partial charge on any atom is 0.195 e. The van der Waals surface area contributed by atoms with Gasteiger partial charge in [-0.2, -0.15) is 0 Å². The minimum Gasteiger partial charge on any atom is -0.497 e. The Balaban J connectivity index is 2.44. The van der Waals surface area contributed by atoms with Gasteiger partial charge in [-0.3, -0.25) is 9.78 Å². The van der Waals surface area contributed by atoms with E-state index in [4.69, 9.17) is 4.74 Å². The third kappa shape index (κ3) is 2.53. The number of ether oxygens (including phenoxy) is 1. The molecule has 0 fully saturated rings. The highest BCUT2D eigenvalue weighted by Gasteiger charge is 2.13. The zero-order valence-corrected chi connectivity index (χ0v) is 10.8. The Hall–Kier alpha value is -1.68. The number of aromatic nitrogens is 1. The molecule has 1 aromatic heterocycles. The van der Waals surface area contributed by atoms with Crippen LogP contribution in [0.3, 0.4) is 0 Å². The van der Waals surface area contributed by atoms with Crippen LogP contribution in [-0.2, 0) is 0 Å². The van der Waals surface area contributed by atoms with E-state index in [1.165, 1.54) is 0 Å². The summed E-state index contributed by atoms with van der Waals surface area (Å²) in [7, 11) is 1.57. The standard InChI is InChI=1S/C13H10BrNO2/c1-17-10-4-5-12(14)11(7-10)13(16)9-3-2-6-15-8-9/h2-8H,1H3. The van der Waals surface area contributed by atoms with Crippen LogP contribution in [0.25, 0.3) is 0 Å². The summed E-state index contributed by atoms with van der Waals surface area (Å²) >= 11 is 3.36. The fraction of sp³-hybridized carbons (Fsp3) is 0.0769. The predicted octanol–water partition coefficient (Wildman–Crippen LogP) is 3.08. The first-order chi connectivity index (χ1) is 8.22. The summed E-state index contributed by atoms with van der Waals surface area (Å²) < 4.78 is 5.85. The fourth-order valence-corrected chi connectivity index (χ4v) is 1.88. The summed E-state index contributed by atoms with van der Waals surface area (Å²) in [6.45, 7) is 0. The van der Waals surface area contributed by atoms with E-state index in [0.717, 1.165) is 4.47 Å². The van der Waals surface area contributed by atoms with E-state index in [-0.39, 0.29) is 5.78 Å².